The molecule has 1 aliphatic heterocycles. The van der Waals surface area contributed by atoms with Gasteiger partial charge in [-0.1, -0.05) is 55.7 Å². The Morgan fingerprint density at radius 2 is 1.75 bits per heavy atom. The lowest BCUT2D eigenvalue weighted by Gasteiger charge is -2.24. The van der Waals surface area contributed by atoms with Gasteiger partial charge in [-0.25, -0.2) is 4.98 Å². The third kappa shape index (κ3) is 6.60. The van der Waals surface area contributed by atoms with Crippen LogP contribution in [0.1, 0.15) is 97.2 Å². The fraction of sp³-hybridized carbons (Fsp3) is 0.405. The standard InChI is InChI=1S/C37H37F3N4O4/c38-37(39,40)48-29-12-5-10-25(19-29)24-9-4-11-26(17-24)32(45)34(47)44-16-6-13-31-30(22-44)33(46)43-35(42-31)36(14-15-36)28-18-27(20-41-21-28)23-7-2-1-3-8-23/h4-5,9-12,17-21,23,32,45H,1-3,6-8,13-16,22H2,(H,42,43,46). The van der Waals surface area contributed by atoms with Gasteiger partial charge in [0.2, 0.25) is 0 Å². The zero-order valence-electron chi connectivity index (χ0n) is 26.4. The van der Waals surface area contributed by atoms with E-state index in [1.807, 2.05) is 12.4 Å². The number of aliphatic hydroxyl groups excluding tert-OH is 1. The first kappa shape index (κ1) is 32.1. The third-order valence-corrected chi connectivity index (χ3v) is 10.0. The average molecular weight is 659 g/mol. The predicted octanol–water partition coefficient (Wildman–Crippen LogP) is 6.87. The van der Waals surface area contributed by atoms with E-state index >= 15 is 0 Å². The summed E-state index contributed by atoms with van der Waals surface area (Å²) in [4.78, 5) is 41.3. The minimum atomic E-state index is -4.83. The van der Waals surface area contributed by atoms with Crippen LogP contribution >= 0.6 is 0 Å². The summed E-state index contributed by atoms with van der Waals surface area (Å²) in [7, 11) is 0. The van der Waals surface area contributed by atoms with E-state index < -0.39 is 18.4 Å². The Morgan fingerprint density at radius 3 is 2.50 bits per heavy atom. The minimum Gasteiger partial charge on any atom is -0.406 e. The molecule has 1 unspecified atom stereocenters. The van der Waals surface area contributed by atoms with Crippen molar-refractivity contribution in [3.05, 3.63) is 111 Å². The quantitative estimate of drug-likeness (QED) is 0.225. The number of carbonyl (C=O) groups is 1. The zero-order valence-corrected chi connectivity index (χ0v) is 26.4. The molecule has 11 heteroatoms. The van der Waals surface area contributed by atoms with Crippen LogP contribution in [-0.4, -0.2) is 43.8 Å². The summed E-state index contributed by atoms with van der Waals surface area (Å²) >= 11 is 0. The second-order valence-electron chi connectivity index (χ2n) is 13.2. The van der Waals surface area contributed by atoms with Gasteiger partial charge in [-0.2, -0.15) is 0 Å². The van der Waals surface area contributed by atoms with Crippen molar-refractivity contribution in [1.82, 2.24) is 19.9 Å². The van der Waals surface area contributed by atoms with Crippen LogP contribution in [0.3, 0.4) is 0 Å². The number of aliphatic hydroxyl groups is 1. The van der Waals surface area contributed by atoms with E-state index in [4.69, 9.17) is 4.98 Å². The Kier molecular flexibility index (Phi) is 8.57. The van der Waals surface area contributed by atoms with Crippen LogP contribution in [0, 0.1) is 0 Å². The fourth-order valence-corrected chi connectivity index (χ4v) is 7.28. The first-order valence-corrected chi connectivity index (χ1v) is 16.6. The molecule has 0 spiro atoms. The smallest absolute Gasteiger partial charge is 0.406 e. The number of H-pyrrole nitrogens is 1. The van der Waals surface area contributed by atoms with Crippen molar-refractivity contribution in [3.8, 4) is 16.9 Å². The number of benzene rings is 2. The molecule has 2 aliphatic carbocycles. The molecule has 0 bridgehead atoms. The van der Waals surface area contributed by atoms with Crippen LogP contribution in [0.25, 0.3) is 11.1 Å². The van der Waals surface area contributed by atoms with Crippen molar-refractivity contribution in [2.45, 2.75) is 88.1 Å². The molecule has 4 aromatic rings. The summed E-state index contributed by atoms with van der Waals surface area (Å²) in [5, 5.41) is 11.2. The van der Waals surface area contributed by atoms with Crippen molar-refractivity contribution in [2.24, 2.45) is 0 Å². The lowest BCUT2D eigenvalue weighted by molar-refractivity contribution is -0.274. The van der Waals surface area contributed by atoms with Crippen molar-refractivity contribution in [2.75, 3.05) is 6.54 Å². The Hall–Kier alpha value is -4.51. The minimum absolute atomic E-state index is 0.01000. The number of alkyl halides is 3. The van der Waals surface area contributed by atoms with E-state index in [9.17, 15) is 27.9 Å². The van der Waals surface area contributed by atoms with Gasteiger partial charge in [-0.15, -0.1) is 13.2 Å². The van der Waals surface area contributed by atoms with Crippen LogP contribution in [0.2, 0.25) is 0 Å². The molecule has 2 saturated carbocycles. The van der Waals surface area contributed by atoms with E-state index in [2.05, 4.69) is 20.8 Å². The summed E-state index contributed by atoms with van der Waals surface area (Å²) in [6.45, 7) is 0.339. The number of hydrogen-bond donors (Lipinski definition) is 2. The maximum atomic E-state index is 13.6. The van der Waals surface area contributed by atoms with Gasteiger partial charge in [0, 0.05) is 18.9 Å². The van der Waals surface area contributed by atoms with Gasteiger partial charge in [0.15, 0.2) is 6.10 Å². The van der Waals surface area contributed by atoms with E-state index in [1.165, 1.54) is 60.8 Å². The highest BCUT2D eigenvalue weighted by atomic mass is 19.4. The van der Waals surface area contributed by atoms with Crippen LogP contribution < -0.4 is 10.3 Å². The summed E-state index contributed by atoms with van der Waals surface area (Å²) in [5.41, 5.74) is 4.01. The number of aromatic amines is 1. The number of aromatic nitrogens is 3. The van der Waals surface area contributed by atoms with Crippen molar-refractivity contribution < 1.29 is 27.8 Å². The molecule has 48 heavy (non-hydrogen) atoms. The van der Waals surface area contributed by atoms with Gasteiger partial charge in [0.25, 0.3) is 11.5 Å². The molecule has 8 nitrogen and oxygen atoms in total. The molecular weight excluding hydrogens is 621 g/mol. The molecule has 0 radical (unpaired) electrons. The maximum absolute atomic E-state index is 13.6. The Labute approximate surface area is 276 Å². The van der Waals surface area contributed by atoms with Gasteiger partial charge in [-0.05, 0) is 90.5 Å². The van der Waals surface area contributed by atoms with Crippen LogP contribution in [0.4, 0.5) is 13.2 Å². The number of carbonyl (C=O) groups excluding carboxylic acids is 1. The topological polar surface area (TPSA) is 108 Å². The number of ether oxygens (including phenoxy) is 1. The summed E-state index contributed by atoms with van der Waals surface area (Å²) in [5.74, 6) is 0.230. The number of nitrogens with one attached hydrogen (secondary N) is 1. The van der Waals surface area contributed by atoms with E-state index in [-0.39, 0.29) is 28.8 Å². The largest absolute Gasteiger partial charge is 0.573 e. The normalized spacial score (nSPS) is 18.5. The monoisotopic (exact) mass is 658 g/mol. The van der Waals surface area contributed by atoms with Gasteiger partial charge >= 0.3 is 6.36 Å². The SMILES string of the molecule is O=C(C(O)c1cccc(-c2cccc(OC(F)(F)F)c2)c1)N1CCCc2nc(C3(c4cncc(C5CCCCC5)c4)CC3)[nH]c(=O)c2C1. The molecule has 0 saturated heterocycles. The molecule has 2 aromatic carbocycles. The first-order valence-electron chi connectivity index (χ1n) is 16.6. The fourth-order valence-electron chi connectivity index (χ4n) is 7.28. The Morgan fingerprint density at radius 1 is 1.00 bits per heavy atom. The predicted molar refractivity (Wildman–Crippen MR) is 172 cm³/mol. The second kappa shape index (κ2) is 12.8. The number of hydrogen-bond acceptors (Lipinski definition) is 6. The van der Waals surface area contributed by atoms with Crippen molar-refractivity contribution in [1.29, 1.82) is 0 Å². The second-order valence-corrected chi connectivity index (χ2v) is 13.2. The molecule has 2 fully saturated rings. The molecule has 250 valence electrons. The molecular formula is C37H37F3N4O4. The lowest BCUT2D eigenvalue weighted by atomic mass is 9.83. The Bertz CT molecular complexity index is 1880. The molecule has 2 aromatic heterocycles. The van der Waals surface area contributed by atoms with Crippen molar-refractivity contribution in [3.63, 3.8) is 0 Å². The summed E-state index contributed by atoms with van der Waals surface area (Å²) in [6, 6.07) is 14.2. The van der Waals surface area contributed by atoms with Gasteiger partial charge < -0.3 is 19.7 Å². The maximum Gasteiger partial charge on any atom is 0.573 e. The summed E-state index contributed by atoms with van der Waals surface area (Å²) in [6.07, 6.45) is 6.46. The highest BCUT2D eigenvalue weighted by Gasteiger charge is 2.49. The van der Waals surface area contributed by atoms with Gasteiger partial charge in [-0.3, -0.25) is 14.6 Å². The molecule has 1 amide bonds. The lowest BCUT2D eigenvalue weighted by Crippen LogP contribution is -2.36. The molecule has 1 atom stereocenters. The number of nitrogens with zero attached hydrogens (tertiary/aromatic N) is 3. The zero-order chi connectivity index (χ0) is 33.5. The number of aryl methyl sites for hydroxylation is 1. The highest BCUT2D eigenvalue weighted by molar-refractivity contribution is 5.83. The number of amides is 1. The van der Waals surface area contributed by atoms with Gasteiger partial charge in [0.1, 0.15) is 11.6 Å². The molecule has 2 N–H and O–H groups in total. The van der Waals surface area contributed by atoms with E-state index in [1.54, 1.807) is 30.3 Å². The molecule has 3 aliphatic rings. The van der Waals surface area contributed by atoms with E-state index in [0.717, 1.165) is 18.4 Å². The molecule has 3 heterocycles. The van der Waals surface area contributed by atoms with Crippen molar-refractivity contribution >= 4 is 5.91 Å². The molecule has 7 rings (SSSR count). The summed E-state index contributed by atoms with van der Waals surface area (Å²) < 4.78 is 42.3. The van der Waals surface area contributed by atoms with Crippen LogP contribution in [0.15, 0.2) is 71.8 Å². The Balaban J connectivity index is 1.09. The highest BCUT2D eigenvalue weighted by Crippen LogP contribution is 2.52. The van der Waals surface area contributed by atoms with Crippen LogP contribution in [-0.2, 0) is 23.2 Å². The first-order chi connectivity index (χ1) is 23.1. The van der Waals surface area contributed by atoms with Gasteiger partial charge in [0.05, 0.1) is 23.2 Å². The average Bonchev–Trinajstić information content (AvgIpc) is 3.93. The van der Waals surface area contributed by atoms with Crippen LogP contribution in [0.5, 0.6) is 5.75 Å². The van der Waals surface area contributed by atoms with E-state index in [0.29, 0.717) is 53.5 Å². The third-order valence-electron chi connectivity index (χ3n) is 10.0. The number of halogens is 3. The number of fused-ring (bicyclic) bond motifs is 1. The number of pyridine rings is 1. The number of rotatable bonds is 7.